The van der Waals surface area contributed by atoms with Crippen LogP contribution in [-0.2, 0) is 11.3 Å². The van der Waals surface area contributed by atoms with Crippen LogP contribution in [0.4, 0.5) is 9.18 Å². The maximum atomic E-state index is 13.2. The minimum atomic E-state index is -0.604. The van der Waals surface area contributed by atoms with Crippen LogP contribution in [0.3, 0.4) is 0 Å². The highest BCUT2D eigenvalue weighted by atomic mass is 19.1. The van der Waals surface area contributed by atoms with Crippen LogP contribution in [-0.4, -0.2) is 37.5 Å². The zero-order chi connectivity index (χ0) is 16.8. The molecule has 2 aromatic rings. The summed E-state index contributed by atoms with van der Waals surface area (Å²) in [6.45, 7) is 2.59. The first kappa shape index (κ1) is 17.2. The molecule has 7 heteroatoms. The molecule has 0 fully saturated rings. The van der Waals surface area contributed by atoms with Crippen LogP contribution in [0.25, 0.3) is 11.0 Å². The Bertz CT molecular complexity index is 671. The topological polar surface area (TPSA) is 83.7 Å². The van der Waals surface area contributed by atoms with Crippen LogP contribution in [0.2, 0.25) is 0 Å². The molecular formula is C16H21FN2O4. The lowest BCUT2D eigenvalue weighted by molar-refractivity contribution is 0.0598. The molecule has 0 aliphatic rings. The second-order valence-corrected chi connectivity index (χ2v) is 5.30. The Hall–Kier alpha value is -2.12. The molecule has 1 unspecified atom stereocenters. The van der Waals surface area contributed by atoms with Gasteiger partial charge in [0.15, 0.2) is 0 Å². The third-order valence-electron chi connectivity index (χ3n) is 3.53. The van der Waals surface area contributed by atoms with Gasteiger partial charge in [-0.15, -0.1) is 0 Å². The lowest BCUT2D eigenvalue weighted by Gasteiger charge is -2.10. The van der Waals surface area contributed by atoms with E-state index in [0.717, 1.165) is 5.56 Å². The number of methoxy groups -OCH3 is 1. The average Bonchev–Trinajstić information content (AvgIpc) is 2.82. The highest BCUT2D eigenvalue weighted by Crippen LogP contribution is 2.25. The Labute approximate surface area is 133 Å². The molecule has 1 aromatic carbocycles. The number of nitrogens with one attached hydrogen (secondary N) is 2. The predicted molar refractivity (Wildman–Crippen MR) is 83.6 cm³/mol. The standard InChI is InChI=1S/C16H21FN2O4/c1-10-13-7-11(17)3-4-14(13)23-15(10)8-19-16(21)18-6-5-12(20)9-22-2/h3-4,7,12,20H,5-6,8-9H2,1-2H3,(H2,18,19,21). The Morgan fingerprint density at radius 2 is 2.22 bits per heavy atom. The maximum absolute atomic E-state index is 13.2. The van der Waals surface area contributed by atoms with Gasteiger partial charge in [-0.1, -0.05) is 0 Å². The third kappa shape index (κ3) is 4.67. The van der Waals surface area contributed by atoms with Crippen molar-refractivity contribution in [2.24, 2.45) is 0 Å². The van der Waals surface area contributed by atoms with Gasteiger partial charge in [0.1, 0.15) is 17.2 Å². The number of hydrogen-bond donors (Lipinski definition) is 3. The van der Waals surface area contributed by atoms with E-state index in [1.165, 1.54) is 19.2 Å². The molecule has 1 aromatic heterocycles. The molecule has 1 heterocycles. The van der Waals surface area contributed by atoms with Gasteiger partial charge in [-0.05, 0) is 31.5 Å². The highest BCUT2D eigenvalue weighted by Gasteiger charge is 2.12. The molecule has 0 radical (unpaired) electrons. The van der Waals surface area contributed by atoms with Gasteiger partial charge in [-0.3, -0.25) is 0 Å². The maximum Gasteiger partial charge on any atom is 0.315 e. The van der Waals surface area contributed by atoms with Crippen molar-refractivity contribution in [2.75, 3.05) is 20.3 Å². The second kappa shape index (κ2) is 7.94. The van der Waals surface area contributed by atoms with E-state index in [1.54, 1.807) is 6.07 Å². The van der Waals surface area contributed by atoms with Gasteiger partial charge in [-0.25, -0.2) is 9.18 Å². The number of aliphatic hydroxyl groups is 1. The van der Waals surface area contributed by atoms with Crippen LogP contribution in [0.1, 0.15) is 17.7 Å². The van der Waals surface area contributed by atoms with Crippen molar-refractivity contribution in [3.05, 3.63) is 35.3 Å². The van der Waals surface area contributed by atoms with Crippen molar-refractivity contribution in [3.63, 3.8) is 0 Å². The SMILES string of the molecule is COCC(O)CCNC(=O)NCc1oc2ccc(F)cc2c1C. The molecule has 0 spiro atoms. The van der Waals surface area contributed by atoms with Gasteiger partial charge in [-0.2, -0.15) is 0 Å². The van der Waals surface area contributed by atoms with E-state index in [1.807, 2.05) is 6.92 Å². The van der Waals surface area contributed by atoms with E-state index in [2.05, 4.69) is 10.6 Å². The fourth-order valence-corrected chi connectivity index (χ4v) is 2.26. The zero-order valence-electron chi connectivity index (χ0n) is 13.2. The van der Waals surface area contributed by atoms with E-state index in [-0.39, 0.29) is 25.0 Å². The Balaban J connectivity index is 1.84. The summed E-state index contributed by atoms with van der Waals surface area (Å²) < 4.78 is 23.7. The van der Waals surface area contributed by atoms with Crippen molar-refractivity contribution in [3.8, 4) is 0 Å². The van der Waals surface area contributed by atoms with Crippen molar-refractivity contribution < 1.29 is 23.4 Å². The fourth-order valence-electron chi connectivity index (χ4n) is 2.26. The van der Waals surface area contributed by atoms with E-state index in [0.29, 0.717) is 29.7 Å². The molecule has 2 amide bonds. The van der Waals surface area contributed by atoms with Crippen molar-refractivity contribution in [2.45, 2.75) is 26.0 Å². The summed E-state index contributed by atoms with van der Waals surface area (Å²) >= 11 is 0. The van der Waals surface area contributed by atoms with Crippen molar-refractivity contribution in [1.29, 1.82) is 0 Å². The number of furan rings is 1. The average molecular weight is 324 g/mol. The monoisotopic (exact) mass is 324 g/mol. The molecule has 2 rings (SSSR count). The molecule has 23 heavy (non-hydrogen) atoms. The van der Waals surface area contributed by atoms with Gasteiger partial charge in [0.05, 0.1) is 19.3 Å². The Kier molecular flexibility index (Phi) is 5.95. The first-order chi connectivity index (χ1) is 11.0. The second-order valence-electron chi connectivity index (χ2n) is 5.30. The van der Waals surface area contributed by atoms with Crippen LogP contribution >= 0.6 is 0 Å². The van der Waals surface area contributed by atoms with Gasteiger partial charge >= 0.3 is 6.03 Å². The molecule has 126 valence electrons. The first-order valence-corrected chi connectivity index (χ1v) is 7.37. The normalized spacial score (nSPS) is 12.3. The minimum Gasteiger partial charge on any atom is -0.459 e. The quantitative estimate of drug-likeness (QED) is 0.728. The number of urea groups is 1. The van der Waals surface area contributed by atoms with Gasteiger partial charge in [0, 0.05) is 24.6 Å². The van der Waals surface area contributed by atoms with Crippen LogP contribution in [0.15, 0.2) is 22.6 Å². The Morgan fingerprint density at radius 3 is 2.96 bits per heavy atom. The van der Waals surface area contributed by atoms with E-state index < -0.39 is 6.10 Å². The molecule has 0 aliphatic carbocycles. The third-order valence-corrected chi connectivity index (χ3v) is 3.53. The van der Waals surface area contributed by atoms with Crippen LogP contribution in [0, 0.1) is 12.7 Å². The molecule has 1 atom stereocenters. The number of rotatable bonds is 7. The highest BCUT2D eigenvalue weighted by molar-refractivity contribution is 5.82. The molecule has 0 bridgehead atoms. The lowest BCUT2D eigenvalue weighted by Crippen LogP contribution is -2.37. The van der Waals surface area contributed by atoms with Crippen LogP contribution < -0.4 is 10.6 Å². The summed E-state index contributed by atoms with van der Waals surface area (Å²) in [5.41, 5.74) is 1.39. The minimum absolute atomic E-state index is 0.203. The van der Waals surface area contributed by atoms with Crippen molar-refractivity contribution in [1.82, 2.24) is 10.6 Å². The van der Waals surface area contributed by atoms with E-state index in [9.17, 15) is 14.3 Å². The molecule has 0 saturated carbocycles. The predicted octanol–water partition coefficient (Wildman–Crippen LogP) is 2.08. The van der Waals surface area contributed by atoms with Gasteiger partial charge < -0.3 is 24.9 Å². The number of halogens is 1. The van der Waals surface area contributed by atoms with Crippen LogP contribution in [0.5, 0.6) is 0 Å². The number of amides is 2. The zero-order valence-corrected chi connectivity index (χ0v) is 13.2. The fraction of sp³-hybridized carbons (Fsp3) is 0.438. The number of hydrogen-bond acceptors (Lipinski definition) is 4. The summed E-state index contributed by atoms with van der Waals surface area (Å²) in [7, 11) is 1.50. The van der Waals surface area contributed by atoms with Gasteiger partial charge in [0.2, 0.25) is 0 Å². The Morgan fingerprint density at radius 1 is 1.43 bits per heavy atom. The largest absolute Gasteiger partial charge is 0.459 e. The molecule has 6 nitrogen and oxygen atoms in total. The number of carbonyl (C=O) groups excluding carboxylic acids is 1. The molecule has 0 aliphatic heterocycles. The van der Waals surface area contributed by atoms with Gasteiger partial charge in [0.25, 0.3) is 0 Å². The molecule has 3 N–H and O–H groups in total. The smallest absolute Gasteiger partial charge is 0.315 e. The van der Waals surface area contributed by atoms with E-state index >= 15 is 0 Å². The molecule has 0 saturated heterocycles. The number of fused-ring (bicyclic) bond motifs is 1. The number of ether oxygens (including phenoxy) is 1. The summed E-state index contributed by atoms with van der Waals surface area (Å²) in [5.74, 6) is 0.258. The summed E-state index contributed by atoms with van der Waals surface area (Å²) in [4.78, 5) is 11.7. The number of benzene rings is 1. The summed E-state index contributed by atoms with van der Waals surface area (Å²) in [5, 5.41) is 15.5. The summed E-state index contributed by atoms with van der Waals surface area (Å²) in [6, 6.07) is 3.95. The van der Waals surface area contributed by atoms with E-state index in [4.69, 9.17) is 9.15 Å². The lowest BCUT2D eigenvalue weighted by atomic mass is 10.1. The first-order valence-electron chi connectivity index (χ1n) is 7.37. The molecular weight excluding hydrogens is 303 g/mol. The number of aliphatic hydroxyl groups excluding tert-OH is 1. The van der Waals surface area contributed by atoms with Crippen molar-refractivity contribution >= 4 is 17.0 Å². The summed E-state index contributed by atoms with van der Waals surface area (Å²) in [6.07, 6.45) is -0.197. The number of carbonyl (C=O) groups is 1. The number of aryl methyl sites for hydroxylation is 1.